The lowest BCUT2D eigenvalue weighted by Gasteiger charge is -2.08. The van der Waals surface area contributed by atoms with E-state index in [1.54, 1.807) is 17.9 Å². The Morgan fingerprint density at radius 2 is 1.93 bits per heavy atom. The normalized spacial score (nSPS) is 10.7. The van der Waals surface area contributed by atoms with Gasteiger partial charge in [0.1, 0.15) is 17.3 Å². The molecule has 0 unspecified atom stereocenters. The molecule has 9 heteroatoms. The van der Waals surface area contributed by atoms with Crippen molar-refractivity contribution in [2.75, 3.05) is 7.11 Å². The average Bonchev–Trinajstić information content (AvgIpc) is 3.39. The molecule has 0 aliphatic rings. The quantitative estimate of drug-likeness (QED) is 0.427. The first-order valence-electron chi connectivity index (χ1n) is 8.85. The number of carbonyl (C=O) groups excluding carboxylic acids is 1. The summed E-state index contributed by atoms with van der Waals surface area (Å²) < 4.78 is 7.29. The Morgan fingerprint density at radius 1 is 1.17 bits per heavy atom. The van der Waals surface area contributed by atoms with Crippen LogP contribution in [0.4, 0.5) is 0 Å². The highest BCUT2D eigenvalue weighted by Gasteiger charge is 2.15. The van der Waals surface area contributed by atoms with Crippen molar-refractivity contribution in [3.05, 3.63) is 77.1 Å². The van der Waals surface area contributed by atoms with Crippen LogP contribution in [0.3, 0.4) is 0 Å². The summed E-state index contributed by atoms with van der Waals surface area (Å²) in [7, 11) is 1.61. The van der Waals surface area contributed by atoms with Gasteiger partial charge in [0, 0.05) is 17.4 Å². The Balaban J connectivity index is 1.47. The number of amides is 1. The Labute approximate surface area is 171 Å². The van der Waals surface area contributed by atoms with E-state index in [1.165, 1.54) is 0 Å². The zero-order chi connectivity index (χ0) is 20.2. The molecule has 0 fully saturated rings. The lowest BCUT2D eigenvalue weighted by Crippen LogP contribution is -2.25. The van der Waals surface area contributed by atoms with Gasteiger partial charge in [0.2, 0.25) is 0 Å². The number of nitrogens with one attached hydrogen (secondary N) is 3. The maximum atomic E-state index is 12.7. The monoisotopic (exact) mass is 406 g/mol. The van der Waals surface area contributed by atoms with Crippen LogP contribution in [0.5, 0.6) is 5.75 Å². The molecule has 0 saturated carbocycles. The predicted octanol–water partition coefficient (Wildman–Crippen LogP) is 3.26. The number of rotatable bonds is 6. The summed E-state index contributed by atoms with van der Waals surface area (Å²) in [4.78, 5) is 20.0. The maximum absolute atomic E-state index is 12.7. The van der Waals surface area contributed by atoms with Crippen LogP contribution in [0.15, 0.2) is 60.8 Å². The number of hydrogen-bond donors (Lipinski definition) is 3. The van der Waals surface area contributed by atoms with Crippen molar-refractivity contribution in [1.82, 2.24) is 30.0 Å². The molecule has 0 aliphatic carbocycles. The fourth-order valence-electron chi connectivity index (χ4n) is 2.87. The minimum Gasteiger partial charge on any atom is -0.497 e. The fraction of sp³-hybridized carbons (Fsp3) is 0.100. The SMILES string of the molecule is COc1ccc(-c2n[nH]c(CNC(=O)c3c[nH]c(=S)n3-c3ccccc3)n2)cc1. The topological polar surface area (TPSA) is 101 Å². The van der Waals surface area contributed by atoms with Gasteiger partial charge >= 0.3 is 0 Å². The highest BCUT2D eigenvalue weighted by Crippen LogP contribution is 2.19. The Morgan fingerprint density at radius 3 is 2.66 bits per heavy atom. The minimum atomic E-state index is -0.274. The molecule has 2 aromatic carbocycles. The van der Waals surface area contributed by atoms with E-state index in [9.17, 15) is 4.79 Å². The smallest absolute Gasteiger partial charge is 0.270 e. The van der Waals surface area contributed by atoms with Crippen molar-refractivity contribution in [1.29, 1.82) is 0 Å². The van der Waals surface area contributed by atoms with Crippen molar-refractivity contribution in [3.8, 4) is 22.8 Å². The van der Waals surface area contributed by atoms with Gasteiger partial charge in [-0.2, -0.15) is 5.10 Å². The van der Waals surface area contributed by atoms with E-state index in [0.29, 0.717) is 22.1 Å². The van der Waals surface area contributed by atoms with Crippen molar-refractivity contribution in [2.24, 2.45) is 0 Å². The van der Waals surface area contributed by atoms with E-state index < -0.39 is 0 Å². The molecule has 2 heterocycles. The van der Waals surface area contributed by atoms with Crippen LogP contribution in [0.1, 0.15) is 16.3 Å². The first-order chi connectivity index (χ1) is 14.2. The highest BCUT2D eigenvalue weighted by atomic mass is 32.1. The summed E-state index contributed by atoms with van der Waals surface area (Å²) in [5, 5.41) is 9.90. The Hall–Kier alpha value is -3.72. The molecule has 0 aliphatic heterocycles. The minimum absolute atomic E-state index is 0.203. The van der Waals surface area contributed by atoms with Crippen LogP contribution in [-0.2, 0) is 6.54 Å². The zero-order valence-corrected chi connectivity index (χ0v) is 16.4. The lowest BCUT2D eigenvalue weighted by molar-refractivity contribution is 0.0943. The van der Waals surface area contributed by atoms with Crippen molar-refractivity contribution in [3.63, 3.8) is 0 Å². The van der Waals surface area contributed by atoms with E-state index >= 15 is 0 Å². The molecular formula is C20H18N6O2S. The zero-order valence-electron chi connectivity index (χ0n) is 15.5. The van der Waals surface area contributed by atoms with E-state index in [0.717, 1.165) is 17.0 Å². The number of para-hydroxylation sites is 1. The molecule has 4 rings (SSSR count). The van der Waals surface area contributed by atoms with Crippen LogP contribution in [-0.4, -0.2) is 37.7 Å². The van der Waals surface area contributed by atoms with Gasteiger partial charge in [-0.15, -0.1) is 0 Å². The molecule has 4 aromatic rings. The third kappa shape index (κ3) is 3.94. The number of methoxy groups -OCH3 is 1. The van der Waals surface area contributed by atoms with Gasteiger partial charge in [0.05, 0.1) is 13.7 Å². The molecule has 29 heavy (non-hydrogen) atoms. The molecule has 8 nitrogen and oxygen atoms in total. The number of imidazole rings is 1. The molecule has 146 valence electrons. The third-order valence-electron chi connectivity index (χ3n) is 4.32. The fourth-order valence-corrected chi connectivity index (χ4v) is 3.13. The Bertz CT molecular complexity index is 1180. The first kappa shape index (κ1) is 18.6. The summed E-state index contributed by atoms with van der Waals surface area (Å²) in [6.07, 6.45) is 1.59. The molecule has 0 saturated heterocycles. The largest absolute Gasteiger partial charge is 0.497 e. The standard InChI is InChI=1S/C20H18N6O2S/c1-28-15-9-7-13(8-10-15)18-23-17(24-25-18)12-21-19(27)16-11-22-20(29)26(16)14-5-3-2-4-6-14/h2-11H,12H2,1H3,(H,21,27)(H,22,29)(H,23,24,25). The van der Waals surface area contributed by atoms with Gasteiger partial charge in [-0.25, -0.2) is 4.98 Å². The van der Waals surface area contributed by atoms with Gasteiger partial charge in [-0.05, 0) is 48.6 Å². The number of aromatic amines is 2. The summed E-state index contributed by atoms with van der Waals surface area (Å²) in [6.45, 7) is 0.203. The molecule has 3 N–H and O–H groups in total. The second-order valence-corrected chi connectivity index (χ2v) is 6.55. The number of carbonyl (C=O) groups is 1. The van der Waals surface area contributed by atoms with E-state index in [-0.39, 0.29) is 12.5 Å². The summed E-state index contributed by atoms with van der Waals surface area (Å²) >= 11 is 5.32. The summed E-state index contributed by atoms with van der Waals surface area (Å²) in [5.74, 6) is 1.58. The molecule has 0 bridgehead atoms. The molecule has 0 radical (unpaired) electrons. The van der Waals surface area contributed by atoms with Crippen LogP contribution in [0, 0.1) is 4.77 Å². The van der Waals surface area contributed by atoms with Crippen LogP contribution < -0.4 is 10.1 Å². The number of H-pyrrole nitrogens is 2. The van der Waals surface area contributed by atoms with Crippen LogP contribution >= 0.6 is 12.2 Å². The molecule has 0 spiro atoms. The number of aromatic nitrogens is 5. The van der Waals surface area contributed by atoms with Gasteiger partial charge in [0.15, 0.2) is 10.6 Å². The second-order valence-electron chi connectivity index (χ2n) is 6.17. The molecule has 2 aromatic heterocycles. The van der Waals surface area contributed by atoms with Gasteiger partial charge in [-0.1, -0.05) is 18.2 Å². The van der Waals surface area contributed by atoms with Gasteiger partial charge in [-0.3, -0.25) is 14.5 Å². The number of hydrogen-bond acceptors (Lipinski definition) is 5. The molecular weight excluding hydrogens is 388 g/mol. The average molecular weight is 406 g/mol. The second kappa shape index (κ2) is 8.11. The van der Waals surface area contributed by atoms with E-state index in [2.05, 4.69) is 25.5 Å². The Kier molecular flexibility index (Phi) is 5.21. The van der Waals surface area contributed by atoms with E-state index in [1.807, 2.05) is 54.6 Å². The van der Waals surface area contributed by atoms with Crippen LogP contribution in [0.2, 0.25) is 0 Å². The van der Waals surface area contributed by atoms with Crippen molar-refractivity contribution >= 4 is 18.1 Å². The molecule has 0 atom stereocenters. The van der Waals surface area contributed by atoms with Crippen molar-refractivity contribution in [2.45, 2.75) is 6.54 Å². The summed E-state index contributed by atoms with van der Waals surface area (Å²) in [6, 6.07) is 16.9. The maximum Gasteiger partial charge on any atom is 0.270 e. The van der Waals surface area contributed by atoms with Crippen molar-refractivity contribution < 1.29 is 9.53 Å². The molecule has 1 amide bonds. The summed E-state index contributed by atoms with van der Waals surface area (Å²) in [5.41, 5.74) is 2.07. The number of ether oxygens (including phenoxy) is 1. The third-order valence-corrected chi connectivity index (χ3v) is 4.62. The highest BCUT2D eigenvalue weighted by molar-refractivity contribution is 7.71. The van der Waals surface area contributed by atoms with Crippen LogP contribution in [0.25, 0.3) is 17.1 Å². The number of benzene rings is 2. The first-order valence-corrected chi connectivity index (χ1v) is 9.26. The predicted molar refractivity (Wildman–Crippen MR) is 110 cm³/mol. The van der Waals surface area contributed by atoms with E-state index in [4.69, 9.17) is 17.0 Å². The number of nitrogens with zero attached hydrogens (tertiary/aromatic N) is 3. The lowest BCUT2D eigenvalue weighted by atomic mass is 10.2. The van der Waals surface area contributed by atoms with Gasteiger partial charge in [0.25, 0.3) is 5.91 Å². The van der Waals surface area contributed by atoms with Gasteiger partial charge < -0.3 is 15.0 Å².